The molecule has 9 aromatic rings. The third kappa shape index (κ3) is 14.8. The number of aryl methyl sites for hydroxylation is 4. The van der Waals surface area contributed by atoms with Crippen LogP contribution in [0.15, 0.2) is 142 Å². The fourth-order valence-corrected chi connectivity index (χ4v) is 8.73. The van der Waals surface area contributed by atoms with Crippen LogP contribution in [0.3, 0.4) is 0 Å². The van der Waals surface area contributed by atoms with Crippen LogP contribution in [-0.4, -0.2) is 70.5 Å². The van der Waals surface area contributed by atoms with Gasteiger partial charge in [-0.2, -0.15) is 15.3 Å². The number of hydrogen-bond acceptors (Lipinski definition) is 11. The highest BCUT2D eigenvalue weighted by atomic mass is 127. The van der Waals surface area contributed by atoms with Crippen LogP contribution in [0.1, 0.15) is 65.7 Å². The molecule has 5 N–H and O–H groups in total. The number of nitrogens with one attached hydrogen (secondary N) is 3. The summed E-state index contributed by atoms with van der Waals surface area (Å²) in [7, 11) is 5.08. The number of halogens is 4. The summed E-state index contributed by atoms with van der Waals surface area (Å²) in [5.74, 6) is 3.72. The molecule has 0 aliphatic carbocycles. The number of aromatic nitrogens is 6. The summed E-state index contributed by atoms with van der Waals surface area (Å²) < 4.78 is 5.49. The zero-order chi connectivity index (χ0) is 56.0. The van der Waals surface area contributed by atoms with E-state index in [0.717, 1.165) is 25.8 Å². The monoisotopic (exact) mass is 1220 g/mol. The van der Waals surface area contributed by atoms with Crippen LogP contribution in [0.4, 0.5) is 0 Å². The molecule has 0 saturated carbocycles. The average Bonchev–Trinajstić information content (AvgIpc) is 3.50. The maximum atomic E-state index is 12.8. The van der Waals surface area contributed by atoms with Crippen molar-refractivity contribution in [3.63, 3.8) is 0 Å². The number of fused-ring (bicyclic) bond motifs is 3. The molecule has 0 bridgehead atoms. The first-order chi connectivity index (χ1) is 37.4. The summed E-state index contributed by atoms with van der Waals surface area (Å²) in [6.45, 7) is 0.636. The molecule has 0 fully saturated rings. The zero-order valence-electron chi connectivity index (χ0n) is 42.1. The second-order valence-corrected chi connectivity index (χ2v) is 19.9. The lowest BCUT2D eigenvalue weighted by molar-refractivity contribution is 0.0935. The van der Waals surface area contributed by atoms with Crippen molar-refractivity contribution in [2.24, 2.45) is 21.1 Å². The van der Waals surface area contributed by atoms with Gasteiger partial charge in [-0.15, -0.1) is 0 Å². The van der Waals surface area contributed by atoms with Crippen LogP contribution >= 0.6 is 57.4 Å². The smallest absolute Gasteiger partial charge is 0.276 e. The van der Waals surface area contributed by atoms with E-state index in [0.29, 0.717) is 72.7 Å². The van der Waals surface area contributed by atoms with Crippen LogP contribution in [0, 0.1) is 15.4 Å². The number of aliphatic hydroxyl groups excluding tert-OH is 2. The van der Waals surface area contributed by atoms with Crippen molar-refractivity contribution >= 4 is 108 Å². The van der Waals surface area contributed by atoms with E-state index in [-0.39, 0.29) is 48.8 Å². The van der Waals surface area contributed by atoms with Crippen LogP contribution < -0.4 is 32.2 Å². The Bertz CT molecular complexity index is 3950. The Kier molecular flexibility index (Phi) is 20.1. The molecule has 0 saturated heterocycles. The van der Waals surface area contributed by atoms with Crippen molar-refractivity contribution in [2.75, 3.05) is 13.2 Å². The molecule has 0 radical (unpaired) electrons. The predicted molar refractivity (Wildman–Crippen MR) is 311 cm³/mol. The van der Waals surface area contributed by atoms with E-state index < -0.39 is 28.6 Å². The molecule has 0 aliphatic rings. The standard InChI is InChI=1S/C20H20ClN3O3.C20H16ClN3O3.C17H13ClIN3O2/c2*1-24-17-9-6-13(3-2-10-25)11-16(17)19(26)18(23-24)20(27)22-12-14-4-7-15(21)8-5-14;1-22-14-7-6-12(19)8-13(14)16(23)15(21-22)17(24)20-9-10-2-4-11(18)5-3-10/h4-9,11,25H,2-3,10,12H2,1H3,(H,22,27);4-9,11,25H,10,12H2,1H3,(H,22,27);2-8H,9H2,1H3,(H,20,24). The molecule has 3 heterocycles. The Morgan fingerprint density at radius 2 is 0.872 bits per heavy atom. The van der Waals surface area contributed by atoms with Gasteiger partial charge < -0.3 is 26.2 Å². The van der Waals surface area contributed by atoms with Crippen molar-refractivity contribution in [1.82, 2.24) is 45.3 Å². The van der Waals surface area contributed by atoms with Gasteiger partial charge in [-0.25, -0.2) is 0 Å². The second-order valence-electron chi connectivity index (χ2n) is 17.4. The van der Waals surface area contributed by atoms with Crippen LogP contribution in [0.2, 0.25) is 15.1 Å². The number of hydrogen-bond donors (Lipinski definition) is 5. The SMILES string of the molecule is Cn1nc(C(=O)NCc2ccc(Cl)cc2)c(=O)c2cc(C#CCO)ccc21.Cn1nc(C(=O)NCc2ccc(Cl)cc2)c(=O)c2cc(CCCO)ccc21.Cn1nc(C(=O)NCc2ccc(Cl)cc2)c(=O)c2cc(I)ccc21. The van der Waals surface area contributed by atoms with Crippen molar-refractivity contribution in [2.45, 2.75) is 32.5 Å². The number of amides is 3. The molecular weight excluding hydrogens is 1170 g/mol. The van der Waals surface area contributed by atoms with Gasteiger partial charge in [0.2, 0.25) is 16.3 Å². The van der Waals surface area contributed by atoms with E-state index in [9.17, 15) is 28.8 Å². The Morgan fingerprint density at radius 3 is 1.27 bits per heavy atom. The molecule has 78 heavy (non-hydrogen) atoms. The molecule has 6 aromatic carbocycles. The molecule has 0 aliphatic heterocycles. The largest absolute Gasteiger partial charge is 0.396 e. The molecule has 0 unspecified atom stereocenters. The molecule has 3 amide bonds. The molecule has 3 aromatic heterocycles. The minimum atomic E-state index is -0.556. The fraction of sp³-hybridized carbons (Fsp3) is 0.175. The number of rotatable bonds is 12. The van der Waals surface area contributed by atoms with Gasteiger partial charge in [0.15, 0.2) is 17.1 Å². The Labute approximate surface area is 474 Å². The predicted octanol–water partition coefficient (Wildman–Crippen LogP) is 7.42. The van der Waals surface area contributed by atoms with Gasteiger partial charge >= 0.3 is 0 Å². The second kappa shape index (κ2) is 27.0. The lowest BCUT2D eigenvalue weighted by Gasteiger charge is -2.10. The van der Waals surface area contributed by atoms with Crippen molar-refractivity contribution < 1.29 is 24.6 Å². The zero-order valence-corrected chi connectivity index (χ0v) is 46.5. The van der Waals surface area contributed by atoms with Gasteiger partial charge in [0.25, 0.3) is 17.7 Å². The third-order valence-corrected chi connectivity index (χ3v) is 13.3. The van der Waals surface area contributed by atoms with Crippen LogP contribution in [0.25, 0.3) is 32.7 Å². The minimum Gasteiger partial charge on any atom is -0.396 e. The first kappa shape index (κ1) is 57.9. The van der Waals surface area contributed by atoms with E-state index in [2.05, 4.69) is 65.7 Å². The highest BCUT2D eigenvalue weighted by Gasteiger charge is 2.20. The summed E-state index contributed by atoms with van der Waals surface area (Å²) in [5.41, 5.74) is 4.39. The molecule has 9 rings (SSSR count). The highest BCUT2D eigenvalue weighted by Crippen LogP contribution is 2.17. The van der Waals surface area contributed by atoms with Gasteiger partial charge in [0.1, 0.15) is 6.61 Å². The number of aliphatic hydroxyl groups is 2. The molecule has 17 nitrogen and oxygen atoms in total. The minimum absolute atomic E-state index is 0.0880. The van der Waals surface area contributed by atoms with Gasteiger partial charge in [-0.1, -0.05) is 89.1 Å². The molecule has 398 valence electrons. The van der Waals surface area contributed by atoms with Gasteiger partial charge in [-0.3, -0.25) is 42.8 Å². The van der Waals surface area contributed by atoms with Gasteiger partial charge in [-0.05, 0) is 143 Å². The fourth-order valence-electron chi connectivity index (χ4n) is 7.86. The van der Waals surface area contributed by atoms with E-state index in [1.807, 2.05) is 48.5 Å². The Balaban J connectivity index is 0.000000170. The lowest BCUT2D eigenvalue weighted by Crippen LogP contribution is -2.31. The summed E-state index contributed by atoms with van der Waals surface area (Å²) >= 11 is 19.7. The van der Waals surface area contributed by atoms with Crippen LogP contribution in [0.5, 0.6) is 0 Å². The molecular formula is C57H49Cl3IN9O8. The number of nitrogens with zero attached hydrogens (tertiary/aromatic N) is 6. The maximum absolute atomic E-state index is 12.8. The van der Waals surface area contributed by atoms with E-state index in [4.69, 9.17) is 45.0 Å². The molecule has 21 heteroatoms. The van der Waals surface area contributed by atoms with Gasteiger partial charge in [0, 0.05) is 71.6 Å². The normalized spacial score (nSPS) is 10.7. The summed E-state index contributed by atoms with van der Waals surface area (Å²) in [4.78, 5) is 75.5. The first-order valence-electron chi connectivity index (χ1n) is 23.9. The highest BCUT2D eigenvalue weighted by molar-refractivity contribution is 14.1. The van der Waals surface area contributed by atoms with Gasteiger partial charge in [0.05, 0.1) is 32.7 Å². The molecule has 0 atom stereocenters. The van der Waals surface area contributed by atoms with E-state index >= 15 is 0 Å². The maximum Gasteiger partial charge on any atom is 0.276 e. The molecule has 0 spiro atoms. The third-order valence-electron chi connectivity index (χ3n) is 11.9. The van der Waals surface area contributed by atoms with Crippen molar-refractivity contribution in [3.8, 4) is 11.8 Å². The number of benzene rings is 6. The summed E-state index contributed by atoms with van der Waals surface area (Å²) in [5, 5.41) is 41.5. The quantitative estimate of drug-likeness (QED) is 0.0597. The Hall–Kier alpha value is -7.77. The number of carbonyl (C=O) groups is 3. The van der Waals surface area contributed by atoms with E-state index in [1.165, 1.54) is 9.36 Å². The Morgan fingerprint density at radius 1 is 0.513 bits per heavy atom. The van der Waals surface area contributed by atoms with Crippen LogP contribution in [-0.2, 0) is 47.2 Å². The first-order valence-corrected chi connectivity index (χ1v) is 26.1. The van der Waals surface area contributed by atoms with E-state index in [1.54, 1.807) is 105 Å². The summed E-state index contributed by atoms with van der Waals surface area (Å²) in [6, 6.07) is 37.3. The lowest BCUT2D eigenvalue weighted by atomic mass is 10.1. The van der Waals surface area contributed by atoms with Crippen molar-refractivity contribution in [3.05, 3.63) is 222 Å². The van der Waals surface area contributed by atoms with Crippen molar-refractivity contribution in [1.29, 1.82) is 0 Å². The number of carbonyl (C=O) groups excluding carboxylic acids is 3. The topological polar surface area (TPSA) is 232 Å². The summed E-state index contributed by atoms with van der Waals surface area (Å²) in [6.07, 6.45) is 1.28. The average molecular weight is 1220 g/mol.